The minimum atomic E-state index is -0.331. The lowest BCUT2D eigenvalue weighted by Crippen LogP contribution is -2.25. The average Bonchev–Trinajstić information content (AvgIpc) is 2.81. The Morgan fingerprint density at radius 2 is 1.84 bits per heavy atom. The third-order valence-corrected chi connectivity index (χ3v) is 3.36. The van der Waals surface area contributed by atoms with Crippen LogP contribution in [0.1, 0.15) is 5.56 Å². The van der Waals surface area contributed by atoms with Gasteiger partial charge in [0.2, 0.25) is 0 Å². The first kappa shape index (κ1) is 11.8. The first-order valence-corrected chi connectivity index (χ1v) is 6.22. The summed E-state index contributed by atoms with van der Waals surface area (Å²) in [5.74, 6) is 1.48. The zero-order chi connectivity index (χ0) is 13.2. The van der Waals surface area contributed by atoms with E-state index >= 15 is 0 Å². The summed E-state index contributed by atoms with van der Waals surface area (Å²) in [5.41, 5.74) is 2.77. The molecule has 0 amide bonds. The number of rotatable bonds is 2. The summed E-state index contributed by atoms with van der Waals surface area (Å²) < 4.78 is 5.75. The van der Waals surface area contributed by atoms with Crippen LogP contribution in [0.4, 0.5) is 5.69 Å². The minimum absolute atomic E-state index is 0.331. The number of benzene rings is 2. The molecule has 0 unspecified atom stereocenters. The van der Waals surface area contributed by atoms with Gasteiger partial charge in [-0.3, -0.25) is 0 Å². The van der Waals surface area contributed by atoms with Gasteiger partial charge in [0.05, 0.1) is 6.57 Å². The summed E-state index contributed by atoms with van der Waals surface area (Å²) >= 11 is 0. The first-order valence-electron chi connectivity index (χ1n) is 6.22. The highest BCUT2D eigenvalue weighted by Gasteiger charge is 2.24. The Bertz CT molecular complexity index is 646. The van der Waals surface area contributed by atoms with Crippen molar-refractivity contribution in [1.29, 1.82) is 0 Å². The SMILES string of the molecule is [C-]#[N+]c1ccc(Oc2ccc3c(c2)CCB3O)cc1. The highest BCUT2D eigenvalue weighted by molar-refractivity contribution is 6.68. The van der Waals surface area contributed by atoms with E-state index in [-0.39, 0.29) is 6.92 Å². The van der Waals surface area contributed by atoms with Gasteiger partial charge in [0, 0.05) is 0 Å². The predicted octanol–water partition coefficient (Wildman–Crippen LogP) is 2.78. The molecule has 0 atom stereocenters. The number of ether oxygens (including phenoxy) is 1. The van der Waals surface area contributed by atoms with Gasteiger partial charge in [-0.15, -0.1) is 0 Å². The molecule has 0 aromatic heterocycles. The Morgan fingerprint density at radius 3 is 2.58 bits per heavy atom. The van der Waals surface area contributed by atoms with E-state index in [9.17, 15) is 5.02 Å². The first-order chi connectivity index (χ1) is 9.26. The standard InChI is InChI=1S/C15H12BNO2/c1-17-12-2-4-13(5-3-12)19-14-6-7-15-11(10-14)8-9-16(15)18/h2-7,10,18H,8-9H2. The van der Waals surface area contributed by atoms with Gasteiger partial charge in [0.15, 0.2) is 5.69 Å². The highest BCUT2D eigenvalue weighted by Crippen LogP contribution is 2.26. The van der Waals surface area contributed by atoms with Crippen LogP contribution in [0.2, 0.25) is 6.32 Å². The quantitative estimate of drug-likeness (QED) is 0.655. The normalized spacial score (nSPS) is 12.9. The third-order valence-electron chi connectivity index (χ3n) is 3.36. The maximum absolute atomic E-state index is 9.75. The molecule has 2 aromatic rings. The Balaban J connectivity index is 1.82. The van der Waals surface area contributed by atoms with Gasteiger partial charge in [-0.05, 0) is 48.0 Å². The van der Waals surface area contributed by atoms with Crippen molar-refractivity contribution >= 4 is 18.1 Å². The highest BCUT2D eigenvalue weighted by atomic mass is 16.5. The number of hydrogen-bond acceptors (Lipinski definition) is 2. The van der Waals surface area contributed by atoms with Crippen molar-refractivity contribution in [3.8, 4) is 11.5 Å². The van der Waals surface area contributed by atoms with Gasteiger partial charge >= 0.3 is 6.92 Å². The molecule has 1 heterocycles. The van der Waals surface area contributed by atoms with E-state index in [1.807, 2.05) is 18.2 Å². The molecule has 19 heavy (non-hydrogen) atoms. The van der Waals surface area contributed by atoms with Crippen LogP contribution in [0.5, 0.6) is 11.5 Å². The molecule has 3 nitrogen and oxygen atoms in total. The summed E-state index contributed by atoms with van der Waals surface area (Å²) in [6.45, 7) is 6.57. The molecule has 3 rings (SSSR count). The zero-order valence-corrected chi connectivity index (χ0v) is 10.3. The number of aryl methyl sites for hydroxylation is 1. The molecule has 0 fully saturated rings. The van der Waals surface area contributed by atoms with Crippen molar-refractivity contribution in [2.75, 3.05) is 0 Å². The maximum atomic E-state index is 9.75. The molecular formula is C15H12BNO2. The zero-order valence-electron chi connectivity index (χ0n) is 10.3. The fourth-order valence-corrected chi connectivity index (χ4v) is 2.36. The molecule has 0 bridgehead atoms. The van der Waals surface area contributed by atoms with Crippen molar-refractivity contribution in [2.45, 2.75) is 12.7 Å². The Kier molecular flexibility index (Phi) is 2.98. The fraction of sp³-hybridized carbons (Fsp3) is 0.133. The lowest BCUT2D eigenvalue weighted by molar-refractivity contribution is 0.482. The second-order valence-corrected chi connectivity index (χ2v) is 4.62. The molecule has 1 N–H and O–H groups in total. The van der Waals surface area contributed by atoms with Crippen LogP contribution in [-0.4, -0.2) is 11.9 Å². The summed E-state index contributed by atoms with van der Waals surface area (Å²) in [6, 6.07) is 12.8. The Hall–Kier alpha value is -2.25. The smallest absolute Gasteiger partial charge is 0.324 e. The molecule has 0 spiro atoms. The van der Waals surface area contributed by atoms with Gasteiger partial charge in [-0.1, -0.05) is 18.2 Å². The molecule has 0 aliphatic carbocycles. The summed E-state index contributed by atoms with van der Waals surface area (Å²) in [7, 11) is 0. The van der Waals surface area contributed by atoms with E-state index in [0.717, 1.165) is 29.5 Å². The monoisotopic (exact) mass is 249 g/mol. The largest absolute Gasteiger partial charge is 0.457 e. The number of hydrogen-bond donors (Lipinski definition) is 1. The lowest BCUT2D eigenvalue weighted by Gasteiger charge is -2.08. The van der Waals surface area contributed by atoms with Crippen molar-refractivity contribution in [3.63, 3.8) is 0 Å². The number of fused-ring (bicyclic) bond motifs is 1. The van der Waals surface area contributed by atoms with Crippen LogP contribution < -0.4 is 10.2 Å². The van der Waals surface area contributed by atoms with E-state index in [4.69, 9.17) is 11.3 Å². The summed E-state index contributed by atoms with van der Waals surface area (Å²) in [5, 5.41) is 9.75. The summed E-state index contributed by atoms with van der Waals surface area (Å²) in [6.07, 6.45) is 1.68. The maximum Gasteiger partial charge on any atom is 0.324 e. The van der Waals surface area contributed by atoms with Crippen molar-refractivity contribution in [3.05, 3.63) is 59.4 Å². The van der Waals surface area contributed by atoms with Gasteiger partial charge in [-0.2, -0.15) is 0 Å². The molecule has 2 aromatic carbocycles. The topological polar surface area (TPSA) is 33.8 Å². The second-order valence-electron chi connectivity index (χ2n) is 4.62. The molecule has 4 heteroatoms. The lowest BCUT2D eigenvalue weighted by atomic mass is 9.63. The molecule has 0 saturated carbocycles. The molecule has 0 saturated heterocycles. The van der Waals surface area contributed by atoms with Crippen LogP contribution in [0.15, 0.2) is 42.5 Å². The average molecular weight is 249 g/mol. The second kappa shape index (κ2) is 4.79. The minimum Gasteiger partial charge on any atom is -0.457 e. The van der Waals surface area contributed by atoms with Crippen LogP contribution in [0, 0.1) is 6.57 Å². The molecule has 0 radical (unpaired) electrons. The Morgan fingerprint density at radius 1 is 1.11 bits per heavy atom. The number of nitrogens with zero attached hydrogens (tertiary/aromatic N) is 1. The van der Waals surface area contributed by atoms with Gasteiger partial charge in [0.25, 0.3) is 0 Å². The van der Waals surface area contributed by atoms with Crippen molar-refractivity contribution in [1.82, 2.24) is 0 Å². The molecule has 1 aliphatic rings. The van der Waals surface area contributed by atoms with Crippen LogP contribution in [-0.2, 0) is 6.42 Å². The van der Waals surface area contributed by atoms with Gasteiger partial charge in [-0.25, -0.2) is 4.85 Å². The van der Waals surface area contributed by atoms with Crippen LogP contribution in [0.25, 0.3) is 4.85 Å². The van der Waals surface area contributed by atoms with E-state index in [1.165, 1.54) is 0 Å². The van der Waals surface area contributed by atoms with Crippen LogP contribution >= 0.6 is 0 Å². The third kappa shape index (κ3) is 2.33. The molecular weight excluding hydrogens is 237 g/mol. The van der Waals surface area contributed by atoms with Crippen LogP contribution in [0.3, 0.4) is 0 Å². The van der Waals surface area contributed by atoms with Crippen molar-refractivity contribution < 1.29 is 9.76 Å². The fourth-order valence-electron chi connectivity index (χ4n) is 2.36. The van der Waals surface area contributed by atoms with Gasteiger partial charge in [0.1, 0.15) is 11.5 Å². The van der Waals surface area contributed by atoms with E-state index in [2.05, 4.69) is 4.85 Å². The molecule has 92 valence electrons. The Labute approximate surface area is 112 Å². The van der Waals surface area contributed by atoms with E-state index < -0.39 is 0 Å². The molecule has 1 aliphatic heterocycles. The van der Waals surface area contributed by atoms with Gasteiger partial charge < -0.3 is 9.76 Å². The van der Waals surface area contributed by atoms with E-state index in [0.29, 0.717) is 11.4 Å². The van der Waals surface area contributed by atoms with Crippen molar-refractivity contribution in [2.24, 2.45) is 0 Å². The predicted molar refractivity (Wildman–Crippen MR) is 75.3 cm³/mol. The van der Waals surface area contributed by atoms with E-state index in [1.54, 1.807) is 24.3 Å². The summed E-state index contributed by atoms with van der Waals surface area (Å²) in [4.78, 5) is 3.34.